The summed E-state index contributed by atoms with van der Waals surface area (Å²) in [6.07, 6.45) is 3.99. The van der Waals surface area contributed by atoms with E-state index in [-0.39, 0.29) is 18.2 Å². The molecule has 1 amide bonds. The van der Waals surface area contributed by atoms with E-state index in [0.29, 0.717) is 40.0 Å². The molecule has 1 aromatic carbocycles. The van der Waals surface area contributed by atoms with Crippen LogP contribution in [0.25, 0.3) is 0 Å². The van der Waals surface area contributed by atoms with Crippen molar-refractivity contribution in [3.8, 4) is 0 Å². The molecule has 0 saturated carbocycles. The van der Waals surface area contributed by atoms with E-state index < -0.39 is 0 Å². The van der Waals surface area contributed by atoms with Crippen molar-refractivity contribution in [1.29, 1.82) is 5.41 Å². The van der Waals surface area contributed by atoms with Crippen LogP contribution in [0.5, 0.6) is 0 Å². The van der Waals surface area contributed by atoms with Crippen LogP contribution >= 0.6 is 11.6 Å². The van der Waals surface area contributed by atoms with Crippen molar-refractivity contribution in [2.75, 3.05) is 45.0 Å². The van der Waals surface area contributed by atoms with Crippen molar-refractivity contribution in [3.05, 3.63) is 58.5 Å². The second-order valence-corrected chi connectivity index (χ2v) is 7.28. The lowest BCUT2D eigenvalue weighted by Crippen LogP contribution is -2.34. The number of carbonyl (C=O) groups is 1. The van der Waals surface area contributed by atoms with Gasteiger partial charge in [-0.1, -0.05) is 23.7 Å². The summed E-state index contributed by atoms with van der Waals surface area (Å²) < 4.78 is 5.04. The smallest absolute Gasteiger partial charge is 0.255 e. The third-order valence-electron chi connectivity index (χ3n) is 4.72. The largest absolute Gasteiger partial charge is 0.392 e. The number of fused-ring (bicyclic) bond motifs is 1. The highest BCUT2D eigenvalue weighted by Gasteiger charge is 2.24. The van der Waals surface area contributed by atoms with E-state index in [1.165, 1.54) is 13.3 Å². The van der Waals surface area contributed by atoms with Gasteiger partial charge >= 0.3 is 0 Å². The molecule has 0 saturated heterocycles. The van der Waals surface area contributed by atoms with Crippen molar-refractivity contribution in [2.45, 2.75) is 6.42 Å². The van der Waals surface area contributed by atoms with Gasteiger partial charge in [0, 0.05) is 40.0 Å². The summed E-state index contributed by atoms with van der Waals surface area (Å²) in [5, 5.41) is 17.8. The Bertz CT molecular complexity index is 991. The monoisotopic (exact) mass is 428 g/mol. The standard InChI is InChI=1S/C21H25ClN6O2/c1-24-11-18(15(23)12-30-3)27-19-9-17(14(22)10-25-19)26-16-6-4-5-13-7-8-28(2)21(29)20(13)16/h4-6,9-11,23-24H,7-8,12H2,1-3H3,(H2,25,26,27)/b18-11+,23-15?. The highest BCUT2D eigenvalue weighted by atomic mass is 35.5. The average molecular weight is 429 g/mol. The molecule has 4 N–H and O–H groups in total. The molecule has 158 valence electrons. The number of nitrogens with zero attached hydrogens (tertiary/aromatic N) is 2. The molecule has 0 radical (unpaired) electrons. The van der Waals surface area contributed by atoms with Crippen LogP contribution in [0.2, 0.25) is 5.02 Å². The zero-order valence-electron chi connectivity index (χ0n) is 17.2. The first kappa shape index (κ1) is 21.6. The van der Waals surface area contributed by atoms with Crippen LogP contribution in [-0.4, -0.2) is 55.9 Å². The summed E-state index contributed by atoms with van der Waals surface area (Å²) in [7, 11) is 5.08. The molecule has 0 unspecified atom stereocenters. The van der Waals surface area contributed by atoms with E-state index in [2.05, 4.69) is 20.9 Å². The van der Waals surface area contributed by atoms with Gasteiger partial charge in [-0.15, -0.1) is 0 Å². The topological polar surface area (TPSA) is 102 Å². The Balaban J connectivity index is 1.90. The zero-order valence-corrected chi connectivity index (χ0v) is 17.9. The number of anilines is 3. The molecule has 0 bridgehead atoms. The number of halogens is 1. The number of hydrogen-bond donors (Lipinski definition) is 4. The SMILES string of the molecule is CN/C=C(/Nc1cc(Nc2cccc3c2C(=O)N(C)CC3)c(Cl)cn1)C(=N)COC. The minimum Gasteiger partial charge on any atom is -0.392 e. The summed E-state index contributed by atoms with van der Waals surface area (Å²) in [5.74, 6) is 0.479. The van der Waals surface area contributed by atoms with E-state index >= 15 is 0 Å². The number of carbonyl (C=O) groups excluding carboxylic acids is 1. The normalized spacial score (nSPS) is 13.7. The Morgan fingerprint density at radius 2 is 2.20 bits per heavy atom. The van der Waals surface area contributed by atoms with E-state index in [1.54, 1.807) is 31.3 Å². The van der Waals surface area contributed by atoms with Crippen molar-refractivity contribution >= 4 is 40.4 Å². The number of likely N-dealkylation sites (N-methyl/N-ethyl adjacent to an activating group) is 1. The predicted molar refractivity (Wildman–Crippen MR) is 120 cm³/mol. The van der Waals surface area contributed by atoms with Crippen LogP contribution in [0.1, 0.15) is 15.9 Å². The average Bonchev–Trinajstić information content (AvgIpc) is 2.73. The quantitative estimate of drug-likeness (QED) is 0.481. The number of pyridine rings is 1. The molecule has 30 heavy (non-hydrogen) atoms. The number of rotatable bonds is 8. The Kier molecular flexibility index (Phi) is 6.91. The van der Waals surface area contributed by atoms with E-state index in [0.717, 1.165) is 12.0 Å². The fourth-order valence-corrected chi connectivity index (χ4v) is 3.35. The van der Waals surface area contributed by atoms with Gasteiger partial charge in [0.1, 0.15) is 5.82 Å². The minimum absolute atomic E-state index is 0.0184. The molecule has 1 aliphatic rings. The second kappa shape index (κ2) is 9.60. The predicted octanol–water partition coefficient (Wildman–Crippen LogP) is 3.25. The Morgan fingerprint density at radius 3 is 2.93 bits per heavy atom. The Labute approximate surface area is 180 Å². The third-order valence-corrected chi connectivity index (χ3v) is 5.02. The molecular weight excluding hydrogens is 404 g/mol. The van der Waals surface area contributed by atoms with Gasteiger partial charge in [-0.25, -0.2) is 4.98 Å². The highest BCUT2D eigenvalue weighted by molar-refractivity contribution is 6.33. The lowest BCUT2D eigenvalue weighted by Gasteiger charge is -2.27. The molecule has 8 nitrogen and oxygen atoms in total. The van der Waals surface area contributed by atoms with Crippen LogP contribution in [0.3, 0.4) is 0 Å². The van der Waals surface area contributed by atoms with Gasteiger partial charge in [0.25, 0.3) is 5.91 Å². The van der Waals surface area contributed by atoms with Crippen LogP contribution < -0.4 is 16.0 Å². The fourth-order valence-electron chi connectivity index (χ4n) is 3.20. The number of benzene rings is 1. The zero-order chi connectivity index (χ0) is 21.7. The molecule has 9 heteroatoms. The fraction of sp³-hybridized carbons (Fsp3) is 0.286. The molecule has 3 rings (SSSR count). The summed E-state index contributed by atoms with van der Waals surface area (Å²) in [4.78, 5) is 18.7. The molecule has 2 heterocycles. The summed E-state index contributed by atoms with van der Waals surface area (Å²) in [5.41, 5.74) is 3.76. The van der Waals surface area contributed by atoms with Gasteiger partial charge in [-0.2, -0.15) is 0 Å². The number of methoxy groups -OCH3 is 1. The number of hydrogen-bond acceptors (Lipinski definition) is 7. The van der Waals surface area contributed by atoms with Crippen LogP contribution in [0.15, 0.2) is 42.4 Å². The molecule has 1 aromatic heterocycles. The summed E-state index contributed by atoms with van der Waals surface area (Å²) in [6, 6.07) is 7.50. The molecule has 0 spiro atoms. The maximum atomic E-state index is 12.7. The van der Waals surface area contributed by atoms with E-state index in [4.69, 9.17) is 21.7 Å². The number of aromatic nitrogens is 1. The van der Waals surface area contributed by atoms with Crippen LogP contribution in [0.4, 0.5) is 17.2 Å². The molecule has 2 aromatic rings. The Hall–Kier alpha value is -3.10. The highest BCUT2D eigenvalue weighted by Crippen LogP contribution is 2.32. The Morgan fingerprint density at radius 1 is 1.40 bits per heavy atom. The molecule has 1 aliphatic heterocycles. The van der Waals surface area contributed by atoms with Crippen molar-refractivity contribution in [2.24, 2.45) is 0 Å². The van der Waals surface area contributed by atoms with Gasteiger partial charge in [-0.05, 0) is 18.1 Å². The molecular formula is C21H25ClN6O2. The second-order valence-electron chi connectivity index (χ2n) is 6.87. The van der Waals surface area contributed by atoms with Gasteiger partial charge < -0.3 is 31.0 Å². The number of amides is 1. The third kappa shape index (κ3) is 4.72. The van der Waals surface area contributed by atoms with Crippen LogP contribution in [-0.2, 0) is 11.2 Å². The molecule has 0 atom stereocenters. The van der Waals surface area contributed by atoms with Gasteiger partial charge in [-0.3, -0.25) is 4.79 Å². The van der Waals surface area contributed by atoms with Gasteiger partial charge in [0.15, 0.2) is 0 Å². The minimum atomic E-state index is -0.0184. The van der Waals surface area contributed by atoms with E-state index in [9.17, 15) is 4.79 Å². The maximum Gasteiger partial charge on any atom is 0.255 e. The first-order valence-electron chi connectivity index (χ1n) is 9.45. The van der Waals surface area contributed by atoms with Crippen molar-refractivity contribution in [3.63, 3.8) is 0 Å². The number of ether oxygens (including phenoxy) is 1. The van der Waals surface area contributed by atoms with E-state index in [1.807, 2.05) is 18.2 Å². The molecule has 0 aliphatic carbocycles. The maximum absolute atomic E-state index is 12.7. The summed E-state index contributed by atoms with van der Waals surface area (Å²) in [6.45, 7) is 0.859. The van der Waals surface area contributed by atoms with Crippen LogP contribution in [0, 0.1) is 5.41 Å². The number of nitrogens with one attached hydrogen (secondary N) is 4. The summed E-state index contributed by atoms with van der Waals surface area (Å²) >= 11 is 6.37. The lowest BCUT2D eigenvalue weighted by atomic mass is 9.97. The van der Waals surface area contributed by atoms with Gasteiger partial charge in [0.05, 0.1) is 46.2 Å². The molecule has 0 fully saturated rings. The van der Waals surface area contributed by atoms with Crippen molar-refractivity contribution in [1.82, 2.24) is 15.2 Å². The van der Waals surface area contributed by atoms with Gasteiger partial charge in [0.2, 0.25) is 0 Å². The first-order valence-corrected chi connectivity index (χ1v) is 9.83. The van der Waals surface area contributed by atoms with Crippen molar-refractivity contribution < 1.29 is 9.53 Å². The first-order chi connectivity index (χ1) is 14.4. The lowest BCUT2D eigenvalue weighted by molar-refractivity contribution is 0.0782.